The van der Waals surface area contributed by atoms with E-state index in [-0.39, 0.29) is 18.2 Å². The van der Waals surface area contributed by atoms with Crippen molar-refractivity contribution in [1.82, 2.24) is 0 Å². The maximum absolute atomic E-state index is 12.3. The number of cyclic esters (lactones) is 1. The van der Waals surface area contributed by atoms with Crippen LogP contribution >= 0.6 is 11.6 Å². The molecule has 0 spiro atoms. The van der Waals surface area contributed by atoms with Crippen molar-refractivity contribution in [3.05, 3.63) is 88.6 Å². The zero-order valence-corrected chi connectivity index (χ0v) is 19.4. The zero-order chi connectivity index (χ0) is 23.9. The third kappa shape index (κ3) is 5.50. The Bertz CT molecular complexity index is 1220. The van der Waals surface area contributed by atoms with Crippen LogP contribution in [0, 0.1) is 0 Å². The Balaban J connectivity index is 1.44. The Kier molecular flexibility index (Phi) is 7.34. The second kappa shape index (κ2) is 10.8. The van der Waals surface area contributed by atoms with Gasteiger partial charge in [-0.05, 0) is 60.2 Å². The number of nitrogens with zero attached hydrogens (tertiary/aromatic N) is 1. The van der Waals surface area contributed by atoms with Crippen LogP contribution in [0.15, 0.2) is 77.4 Å². The van der Waals surface area contributed by atoms with E-state index < -0.39 is 5.97 Å². The average Bonchev–Trinajstić information content (AvgIpc) is 3.23. The minimum Gasteiger partial charge on any atom is -0.497 e. The SMILES string of the molecule is COc1ccc(OCCOc2c(Cl)cc(/C=C3/N=C(c4ccccc4)OC3=O)cc2OC)cc1. The van der Waals surface area contributed by atoms with Gasteiger partial charge in [-0.25, -0.2) is 9.79 Å². The van der Waals surface area contributed by atoms with E-state index in [1.54, 1.807) is 25.3 Å². The van der Waals surface area contributed by atoms with Crippen LogP contribution in [0.2, 0.25) is 5.02 Å². The molecule has 34 heavy (non-hydrogen) atoms. The molecular formula is C26H22ClNO6. The largest absolute Gasteiger partial charge is 0.497 e. The fraction of sp³-hybridized carbons (Fsp3) is 0.154. The molecule has 0 amide bonds. The Morgan fingerprint density at radius 1 is 0.912 bits per heavy atom. The lowest BCUT2D eigenvalue weighted by atomic mass is 10.1. The van der Waals surface area contributed by atoms with Gasteiger partial charge in [-0.2, -0.15) is 0 Å². The van der Waals surface area contributed by atoms with E-state index in [1.807, 2.05) is 54.6 Å². The van der Waals surface area contributed by atoms with Gasteiger partial charge in [0.2, 0.25) is 5.90 Å². The highest BCUT2D eigenvalue weighted by molar-refractivity contribution is 6.32. The number of carbonyl (C=O) groups is 1. The first-order chi connectivity index (χ1) is 16.6. The van der Waals surface area contributed by atoms with Gasteiger partial charge in [0.15, 0.2) is 17.2 Å². The van der Waals surface area contributed by atoms with Gasteiger partial charge >= 0.3 is 5.97 Å². The molecule has 0 bridgehead atoms. The molecule has 174 valence electrons. The van der Waals surface area contributed by atoms with E-state index in [9.17, 15) is 4.79 Å². The van der Waals surface area contributed by atoms with Crippen molar-refractivity contribution < 1.29 is 28.5 Å². The second-order valence-corrected chi connectivity index (χ2v) is 7.52. The monoisotopic (exact) mass is 479 g/mol. The summed E-state index contributed by atoms with van der Waals surface area (Å²) in [6, 6.07) is 19.8. The predicted molar refractivity (Wildman–Crippen MR) is 129 cm³/mol. The first kappa shape index (κ1) is 23.2. The van der Waals surface area contributed by atoms with Crippen LogP contribution < -0.4 is 18.9 Å². The summed E-state index contributed by atoms with van der Waals surface area (Å²) in [6.07, 6.45) is 1.59. The van der Waals surface area contributed by atoms with Crippen LogP contribution in [0.1, 0.15) is 11.1 Å². The van der Waals surface area contributed by atoms with Gasteiger partial charge in [-0.3, -0.25) is 0 Å². The van der Waals surface area contributed by atoms with Gasteiger partial charge in [0.05, 0.1) is 19.2 Å². The van der Waals surface area contributed by atoms with Gasteiger partial charge in [-0.15, -0.1) is 0 Å². The Labute approximate surface area is 202 Å². The highest BCUT2D eigenvalue weighted by atomic mass is 35.5. The molecule has 0 saturated heterocycles. The van der Waals surface area contributed by atoms with Gasteiger partial charge in [-0.1, -0.05) is 29.8 Å². The highest BCUT2D eigenvalue weighted by Gasteiger charge is 2.24. The number of methoxy groups -OCH3 is 2. The lowest BCUT2D eigenvalue weighted by Crippen LogP contribution is -2.10. The number of halogens is 1. The summed E-state index contributed by atoms with van der Waals surface area (Å²) in [5.41, 5.74) is 1.50. The molecule has 0 aromatic heterocycles. The molecule has 4 rings (SSSR count). The molecule has 0 fully saturated rings. The number of aliphatic imine (C=N–C) groups is 1. The maximum atomic E-state index is 12.3. The van der Waals surface area contributed by atoms with E-state index in [4.69, 9.17) is 35.3 Å². The van der Waals surface area contributed by atoms with E-state index in [0.29, 0.717) is 34.4 Å². The third-order valence-corrected chi connectivity index (χ3v) is 5.14. The number of benzene rings is 3. The Morgan fingerprint density at radius 2 is 1.62 bits per heavy atom. The molecule has 0 unspecified atom stereocenters. The molecular weight excluding hydrogens is 458 g/mol. The first-order valence-corrected chi connectivity index (χ1v) is 10.8. The number of hydrogen-bond acceptors (Lipinski definition) is 7. The van der Waals surface area contributed by atoms with Crippen molar-refractivity contribution in [2.24, 2.45) is 4.99 Å². The van der Waals surface area contributed by atoms with Crippen LogP contribution in [0.3, 0.4) is 0 Å². The summed E-state index contributed by atoms with van der Waals surface area (Å²) in [6.45, 7) is 0.556. The molecule has 0 aliphatic carbocycles. The van der Waals surface area contributed by atoms with Crippen molar-refractivity contribution in [1.29, 1.82) is 0 Å². The summed E-state index contributed by atoms with van der Waals surface area (Å²) in [5.74, 6) is 1.97. The molecule has 0 N–H and O–H groups in total. The molecule has 3 aromatic carbocycles. The number of rotatable bonds is 9. The molecule has 1 aliphatic heterocycles. The Morgan fingerprint density at radius 3 is 2.32 bits per heavy atom. The molecule has 8 heteroatoms. The van der Waals surface area contributed by atoms with Crippen LogP contribution in [-0.4, -0.2) is 39.3 Å². The fourth-order valence-electron chi connectivity index (χ4n) is 3.21. The molecule has 3 aromatic rings. The van der Waals surface area contributed by atoms with Crippen LogP contribution in [-0.2, 0) is 9.53 Å². The summed E-state index contributed by atoms with van der Waals surface area (Å²) >= 11 is 6.45. The Hall–Kier alpha value is -3.97. The summed E-state index contributed by atoms with van der Waals surface area (Å²) in [7, 11) is 3.12. The summed E-state index contributed by atoms with van der Waals surface area (Å²) < 4.78 is 27.3. The van der Waals surface area contributed by atoms with Gasteiger partial charge in [0.25, 0.3) is 0 Å². The summed E-state index contributed by atoms with van der Waals surface area (Å²) in [4.78, 5) is 16.6. The minimum absolute atomic E-state index is 0.165. The maximum Gasteiger partial charge on any atom is 0.363 e. The van der Waals surface area contributed by atoms with E-state index in [0.717, 1.165) is 11.3 Å². The molecule has 1 heterocycles. The lowest BCUT2D eigenvalue weighted by Gasteiger charge is -2.14. The van der Waals surface area contributed by atoms with E-state index in [2.05, 4.69) is 4.99 Å². The van der Waals surface area contributed by atoms with Crippen molar-refractivity contribution in [2.75, 3.05) is 27.4 Å². The van der Waals surface area contributed by atoms with Crippen molar-refractivity contribution in [3.8, 4) is 23.0 Å². The third-order valence-electron chi connectivity index (χ3n) is 4.85. The minimum atomic E-state index is -0.537. The van der Waals surface area contributed by atoms with Gasteiger partial charge in [0, 0.05) is 5.56 Å². The molecule has 0 radical (unpaired) electrons. The van der Waals surface area contributed by atoms with Gasteiger partial charge in [0.1, 0.15) is 24.7 Å². The standard InChI is InChI=1S/C26H22ClNO6/c1-30-19-8-10-20(11-9-19)32-12-13-33-24-21(27)14-17(16-23(24)31-2)15-22-26(29)34-25(28-22)18-6-4-3-5-7-18/h3-11,14-16H,12-13H2,1-2H3/b22-15+. The number of esters is 1. The molecule has 0 saturated carbocycles. The predicted octanol–water partition coefficient (Wildman–Crippen LogP) is 5.16. The number of carbonyl (C=O) groups excluding carboxylic acids is 1. The van der Waals surface area contributed by atoms with E-state index in [1.165, 1.54) is 7.11 Å². The lowest BCUT2D eigenvalue weighted by molar-refractivity contribution is -0.129. The average molecular weight is 480 g/mol. The zero-order valence-electron chi connectivity index (χ0n) is 18.6. The van der Waals surface area contributed by atoms with E-state index >= 15 is 0 Å². The first-order valence-electron chi connectivity index (χ1n) is 10.4. The van der Waals surface area contributed by atoms with Crippen LogP contribution in [0.4, 0.5) is 0 Å². The fourth-order valence-corrected chi connectivity index (χ4v) is 3.48. The van der Waals surface area contributed by atoms with Crippen LogP contribution in [0.25, 0.3) is 6.08 Å². The highest BCUT2D eigenvalue weighted by Crippen LogP contribution is 2.37. The topological polar surface area (TPSA) is 75.6 Å². The van der Waals surface area contributed by atoms with Crippen molar-refractivity contribution >= 4 is 29.5 Å². The quantitative estimate of drug-likeness (QED) is 0.240. The van der Waals surface area contributed by atoms with Crippen molar-refractivity contribution in [2.45, 2.75) is 0 Å². The number of hydrogen-bond donors (Lipinski definition) is 0. The second-order valence-electron chi connectivity index (χ2n) is 7.11. The molecule has 1 aliphatic rings. The molecule has 7 nitrogen and oxygen atoms in total. The molecule has 0 atom stereocenters. The smallest absolute Gasteiger partial charge is 0.363 e. The van der Waals surface area contributed by atoms with Gasteiger partial charge < -0.3 is 23.7 Å². The number of ether oxygens (including phenoxy) is 5. The summed E-state index contributed by atoms with van der Waals surface area (Å²) in [5, 5.41) is 0.328. The van der Waals surface area contributed by atoms with Crippen molar-refractivity contribution in [3.63, 3.8) is 0 Å². The normalized spacial score (nSPS) is 13.9. The van der Waals surface area contributed by atoms with Crippen LogP contribution in [0.5, 0.6) is 23.0 Å².